The van der Waals surface area contributed by atoms with Gasteiger partial charge in [0.25, 0.3) is 0 Å². The van der Waals surface area contributed by atoms with Crippen molar-refractivity contribution >= 4 is 18.0 Å². The zero-order valence-corrected chi connectivity index (χ0v) is 16.2. The molecule has 150 valence electrons. The van der Waals surface area contributed by atoms with Gasteiger partial charge in [-0.3, -0.25) is 0 Å². The number of carbonyl (C=O) groups is 3. The monoisotopic (exact) mass is 380 g/mol. The van der Waals surface area contributed by atoms with E-state index in [9.17, 15) is 14.4 Å². The van der Waals surface area contributed by atoms with Crippen LogP contribution in [0.15, 0.2) is 30.3 Å². The minimum Gasteiger partial charge on any atom is -0.467 e. The van der Waals surface area contributed by atoms with E-state index in [1.807, 2.05) is 6.07 Å². The van der Waals surface area contributed by atoms with Crippen molar-refractivity contribution in [3.63, 3.8) is 0 Å². The molecule has 1 amide bonds. The Morgan fingerprint density at radius 2 is 1.74 bits per heavy atom. The second-order valence-electron chi connectivity index (χ2n) is 6.87. The smallest absolute Gasteiger partial charge is 0.408 e. The molecule has 0 fully saturated rings. The highest BCUT2D eigenvalue weighted by atomic mass is 16.7. The van der Waals surface area contributed by atoms with Crippen LogP contribution in [0, 0.1) is 0 Å². The molecule has 0 bridgehead atoms. The maximum atomic E-state index is 11.8. The summed E-state index contributed by atoms with van der Waals surface area (Å²) in [5, 5.41) is 2.51. The minimum absolute atomic E-state index is 0.375. The molecular weight excluding hydrogens is 352 g/mol. The van der Waals surface area contributed by atoms with Crippen LogP contribution < -0.4 is 10.8 Å². The van der Waals surface area contributed by atoms with E-state index in [-0.39, 0.29) is 0 Å². The lowest BCUT2D eigenvalue weighted by Gasteiger charge is -2.22. The predicted octanol–water partition coefficient (Wildman–Crippen LogP) is 2.58. The van der Waals surface area contributed by atoms with Crippen LogP contribution in [-0.2, 0) is 19.1 Å². The Morgan fingerprint density at radius 3 is 2.33 bits per heavy atom. The Hall–Kier alpha value is -2.61. The first-order valence-corrected chi connectivity index (χ1v) is 8.79. The standard InChI is InChI=1S/C19H28N2O6/c1-19(2,3)26-18(24)21-15(17(23)25-4)12-8-9-13-20-27-16(22)14-10-6-5-7-11-14/h5-7,10-11,15,20H,8-9,12-13H2,1-4H3,(H,21,24)/t15-/m0/s1. The lowest BCUT2D eigenvalue weighted by molar-refractivity contribution is -0.143. The number of hydroxylamine groups is 1. The van der Waals surface area contributed by atoms with Crippen LogP contribution in [0.5, 0.6) is 0 Å². The Morgan fingerprint density at radius 1 is 1.07 bits per heavy atom. The molecule has 2 N–H and O–H groups in total. The number of ether oxygens (including phenoxy) is 2. The predicted molar refractivity (Wildman–Crippen MR) is 98.9 cm³/mol. The first-order chi connectivity index (χ1) is 12.7. The zero-order valence-electron chi connectivity index (χ0n) is 16.2. The van der Waals surface area contributed by atoms with E-state index in [4.69, 9.17) is 14.3 Å². The Labute approximate surface area is 159 Å². The van der Waals surface area contributed by atoms with E-state index < -0.39 is 29.7 Å². The third kappa shape index (κ3) is 9.60. The fraction of sp³-hybridized carbons (Fsp3) is 0.526. The summed E-state index contributed by atoms with van der Waals surface area (Å²) >= 11 is 0. The summed E-state index contributed by atoms with van der Waals surface area (Å²) in [6.45, 7) is 5.63. The van der Waals surface area contributed by atoms with Crippen molar-refractivity contribution in [3.8, 4) is 0 Å². The van der Waals surface area contributed by atoms with Crippen LogP contribution in [0.4, 0.5) is 4.79 Å². The van der Waals surface area contributed by atoms with Gasteiger partial charge in [0.2, 0.25) is 0 Å². The number of unbranched alkanes of at least 4 members (excludes halogenated alkanes) is 1. The summed E-state index contributed by atoms with van der Waals surface area (Å²) in [4.78, 5) is 40.3. The molecule has 1 aromatic carbocycles. The fourth-order valence-electron chi connectivity index (χ4n) is 2.14. The van der Waals surface area contributed by atoms with Gasteiger partial charge in [0, 0.05) is 6.54 Å². The van der Waals surface area contributed by atoms with Crippen molar-refractivity contribution in [2.75, 3.05) is 13.7 Å². The highest BCUT2D eigenvalue weighted by Gasteiger charge is 2.24. The summed E-state index contributed by atoms with van der Waals surface area (Å²) in [7, 11) is 1.26. The van der Waals surface area contributed by atoms with Gasteiger partial charge in [-0.05, 0) is 52.2 Å². The molecule has 8 nitrogen and oxygen atoms in total. The van der Waals surface area contributed by atoms with Gasteiger partial charge in [-0.15, -0.1) is 0 Å². The molecule has 0 spiro atoms. The van der Waals surface area contributed by atoms with Gasteiger partial charge in [0.1, 0.15) is 11.6 Å². The molecule has 0 unspecified atom stereocenters. The highest BCUT2D eigenvalue weighted by Crippen LogP contribution is 2.09. The average Bonchev–Trinajstić information content (AvgIpc) is 2.61. The van der Waals surface area contributed by atoms with Crippen molar-refractivity contribution in [2.45, 2.75) is 51.7 Å². The SMILES string of the molecule is COC(=O)[C@H](CCCCNOC(=O)c1ccccc1)NC(=O)OC(C)(C)C. The first-order valence-electron chi connectivity index (χ1n) is 8.79. The Bertz CT molecular complexity index is 612. The normalized spacial score (nSPS) is 12.0. The lowest BCUT2D eigenvalue weighted by atomic mass is 10.1. The van der Waals surface area contributed by atoms with Crippen LogP contribution in [-0.4, -0.2) is 43.3 Å². The van der Waals surface area contributed by atoms with Crippen molar-refractivity contribution in [1.82, 2.24) is 10.8 Å². The highest BCUT2D eigenvalue weighted by molar-refractivity contribution is 5.89. The van der Waals surface area contributed by atoms with E-state index in [1.165, 1.54) is 7.11 Å². The van der Waals surface area contributed by atoms with Gasteiger partial charge in [0.05, 0.1) is 12.7 Å². The van der Waals surface area contributed by atoms with Crippen LogP contribution in [0.3, 0.4) is 0 Å². The number of hydrogen-bond donors (Lipinski definition) is 2. The second-order valence-corrected chi connectivity index (χ2v) is 6.87. The maximum Gasteiger partial charge on any atom is 0.408 e. The summed E-state index contributed by atoms with van der Waals surface area (Å²) in [5.74, 6) is -1.00. The fourth-order valence-corrected chi connectivity index (χ4v) is 2.14. The maximum absolute atomic E-state index is 11.8. The topological polar surface area (TPSA) is 103 Å². The van der Waals surface area contributed by atoms with E-state index in [1.54, 1.807) is 45.0 Å². The van der Waals surface area contributed by atoms with E-state index in [0.29, 0.717) is 31.4 Å². The van der Waals surface area contributed by atoms with Gasteiger partial charge in [-0.1, -0.05) is 18.2 Å². The molecule has 1 rings (SSSR count). The van der Waals surface area contributed by atoms with Crippen molar-refractivity contribution in [2.24, 2.45) is 0 Å². The number of rotatable bonds is 9. The van der Waals surface area contributed by atoms with Crippen LogP contribution in [0.25, 0.3) is 0 Å². The van der Waals surface area contributed by atoms with Crippen LogP contribution >= 0.6 is 0 Å². The Balaban J connectivity index is 2.30. The van der Waals surface area contributed by atoms with E-state index in [0.717, 1.165) is 0 Å². The first kappa shape index (κ1) is 22.4. The van der Waals surface area contributed by atoms with Gasteiger partial charge >= 0.3 is 18.0 Å². The molecule has 0 aromatic heterocycles. The van der Waals surface area contributed by atoms with Gasteiger partial charge < -0.3 is 19.6 Å². The number of benzene rings is 1. The van der Waals surface area contributed by atoms with Crippen molar-refractivity contribution in [3.05, 3.63) is 35.9 Å². The molecule has 0 aliphatic rings. The van der Waals surface area contributed by atoms with Crippen molar-refractivity contribution < 1.29 is 28.7 Å². The number of amides is 1. The molecule has 27 heavy (non-hydrogen) atoms. The average molecular weight is 380 g/mol. The number of hydrogen-bond acceptors (Lipinski definition) is 7. The summed E-state index contributed by atoms with van der Waals surface area (Å²) < 4.78 is 9.86. The molecule has 0 radical (unpaired) electrons. The molecular formula is C19H28N2O6. The Kier molecular flexibility index (Phi) is 9.29. The molecule has 0 aliphatic heterocycles. The van der Waals surface area contributed by atoms with Gasteiger partial charge in [-0.25, -0.2) is 14.4 Å². The van der Waals surface area contributed by atoms with E-state index in [2.05, 4.69) is 10.8 Å². The number of nitrogens with one attached hydrogen (secondary N) is 2. The molecule has 8 heteroatoms. The van der Waals surface area contributed by atoms with E-state index >= 15 is 0 Å². The van der Waals surface area contributed by atoms with Gasteiger partial charge in [0.15, 0.2) is 0 Å². The van der Waals surface area contributed by atoms with Crippen molar-refractivity contribution in [1.29, 1.82) is 0 Å². The third-order valence-corrected chi connectivity index (χ3v) is 3.37. The minimum atomic E-state index is -0.795. The van der Waals surface area contributed by atoms with Crippen LogP contribution in [0.2, 0.25) is 0 Å². The molecule has 1 aromatic rings. The van der Waals surface area contributed by atoms with Gasteiger partial charge in [-0.2, -0.15) is 5.48 Å². The number of methoxy groups -OCH3 is 1. The molecule has 0 heterocycles. The quantitative estimate of drug-likeness (QED) is 0.294. The zero-order chi connectivity index (χ0) is 20.3. The molecule has 1 atom stereocenters. The number of alkyl carbamates (subject to hydrolysis) is 1. The summed E-state index contributed by atoms with van der Waals surface area (Å²) in [5.41, 5.74) is 2.40. The third-order valence-electron chi connectivity index (χ3n) is 3.37. The summed E-state index contributed by atoms with van der Waals surface area (Å²) in [6, 6.07) is 7.84. The number of carbonyl (C=O) groups excluding carboxylic acids is 3. The second kappa shape index (κ2) is 11.2. The summed E-state index contributed by atoms with van der Waals surface area (Å²) in [6.07, 6.45) is 0.935. The molecule has 0 aliphatic carbocycles. The largest absolute Gasteiger partial charge is 0.467 e. The molecule has 0 saturated heterocycles. The number of esters is 1. The molecule has 0 saturated carbocycles. The van der Waals surface area contributed by atoms with Crippen LogP contribution in [0.1, 0.15) is 50.4 Å². The lowest BCUT2D eigenvalue weighted by Crippen LogP contribution is -2.44.